The number of rotatable bonds is 5. The summed E-state index contributed by atoms with van der Waals surface area (Å²) in [7, 11) is 0. The maximum atomic E-state index is 13.6. The van der Waals surface area contributed by atoms with Crippen LogP contribution in [0.15, 0.2) is 30.3 Å². The number of hydrogen-bond donors (Lipinski definition) is 0. The van der Waals surface area contributed by atoms with Crippen LogP contribution in [0.2, 0.25) is 0 Å². The standard InChI is InChI=1S/C27H38N2O2/c30-26(28-16-21-10-4-5-11-22(21)17-28)15-25(14-20-8-2-1-3-9-20)27(31)29-18-23-12-6-7-13-24(23)19-29/h1-3,8-9,21-25H,4-7,10-19H2/t21-,22+,23-,24+,25-/m0/s1. The zero-order valence-corrected chi connectivity index (χ0v) is 18.9. The van der Waals surface area contributed by atoms with E-state index in [1.54, 1.807) is 0 Å². The van der Waals surface area contributed by atoms with E-state index >= 15 is 0 Å². The summed E-state index contributed by atoms with van der Waals surface area (Å²) in [6.45, 7) is 3.67. The third kappa shape index (κ3) is 4.68. The average Bonchev–Trinajstić information content (AvgIpc) is 3.43. The summed E-state index contributed by atoms with van der Waals surface area (Å²) in [6, 6.07) is 10.3. The molecular weight excluding hydrogens is 384 g/mol. The van der Waals surface area contributed by atoms with Crippen LogP contribution in [0.1, 0.15) is 63.4 Å². The first kappa shape index (κ1) is 21.0. The Hall–Kier alpha value is -1.84. The summed E-state index contributed by atoms with van der Waals surface area (Å²) in [4.78, 5) is 31.2. The van der Waals surface area contributed by atoms with E-state index in [-0.39, 0.29) is 17.7 Å². The molecule has 2 heterocycles. The Morgan fingerprint density at radius 2 is 1.23 bits per heavy atom. The van der Waals surface area contributed by atoms with Gasteiger partial charge in [-0.2, -0.15) is 0 Å². The lowest BCUT2D eigenvalue weighted by Gasteiger charge is -2.25. The SMILES string of the molecule is O=C(C[C@H](Cc1ccccc1)C(=O)N1C[C@H]2CCCC[C@H]2C1)N1C[C@H]2CCCC[C@H]2C1. The third-order valence-electron chi connectivity index (χ3n) is 8.71. The smallest absolute Gasteiger partial charge is 0.226 e. The number of likely N-dealkylation sites (tertiary alicyclic amines) is 2. The van der Waals surface area contributed by atoms with Crippen LogP contribution in [0.3, 0.4) is 0 Å². The lowest BCUT2D eigenvalue weighted by molar-refractivity contribution is -0.140. The van der Waals surface area contributed by atoms with Crippen LogP contribution in [0.5, 0.6) is 0 Å². The summed E-state index contributed by atoms with van der Waals surface area (Å²) >= 11 is 0. The Morgan fingerprint density at radius 3 is 1.74 bits per heavy atom. The first-order chi connectivity index (χ1) is 15.2. The molecule has 2 aliphatic heterocycles. The van der Waals surface area contributed by atoms with E-state index in [1.807, 2.05) is 18.2 Å². The van der Waals surface area contributed by atoms with E-state index in [4.69, 9.17) is 0 Å². The lowest BCUT2D eigenvalue weighted by Crippen LogP contribution is -2.39. The van der Waals surface area contributed by atoms with Gasteiger partial charge in [-0.3, -0.25) is 9.59 Å². The first-order valence-corrected chi connectivity index (χ1v) is 12.8. The van der Waals surface area contributed by atoms with Gasteiger partial charge in [-0.05, 0) is 61.3 Å². The van der Waals surface area contributed by atoms with E-state index in [2.05, 4.69) is 21.9 Å². The second kappa shape index (κ2) is 9.34. The number of carbonyl (C=O) groups is 2. The van der Waals surface area contributed by atoms with Crippen molar-refractivity contribution >= 4 is 11.8 Å². The van der Waals surface area contributed by atoms with Gasteiger partial charge >= 0.3 is 0 Å². The van der Waals surface area contributed by atoms with Gasteiger partial charge in [0.25, 0.3) is 0 Å². The molecule has 0 spiro atoms. The normalized spacial score (nSPS) is 31.2. The van der Waals surface area contributed by atoms with E-state index in [0.29, 0.717) is 36.5 Å². The summed E-state index contributed by atoms with van der Waals surface area (Å²) < 4.78 is 0. The summed E-state index contributed by atoms with van der Waals surface area (Å²) in [5.41, 5.74) is 1.17. The van der Waals surface area contributed by atoms with Crippen molar-refractivity contribution in [2.75, 3.05) is 26.2 Å². The van der Waals surface area contributed by atoms with Crippen LogP contribution in [0.4, 0.5) is 0 Å². The van der Waals surface area contributed by atoms with Gasteiger partial charge < -0.3 is 9.80 Å². The van der Waals surface area contributed by atoms with Crippen molar-refractivity contribution in [1.82, 2.24) is 9.80 Å². The number of nitrogens with zero attached hydrogens (tertiary/aromatic N) is 2. The quantitative estimate of drug-likeness (QED) is 0.699. The highest BCUT2D eigenvalue weighted by Gasteiger charge is 2.41. The molecule has 2 saturated heterocycles. The van der Waals surface area contributed by atoms with Crippen molar-refractivity contribution in [1.29, 1.82) is 0 Å². The fraction of sp³-hybridized carbons (Fsp3) is 0.704. The third-order valence-corrected chi connectivity index (χ3v) is 8.71. The molecule has 2 amide bonds. The van der Waals surface area contributed by atoms with Crippen LogP contribution in [-0.4, -0.2) is 47.8 Å². The number of amides is 2. The average molecular weight is 423 g/mol. The van der Waals surface area contributed by atoms with Crippen molar-refractivity contribution in [3.8, 4) is 0 Å². The first-order valence-electron chi connectivity index (χ1n) is 12.8. The molecule has 0 aromatic heterocycles. The predicted octanol–water partition coefficient (Wildman–Crippen LogP) is 4.53. The van der Waals surface area contributed by atoms with Gasteiger partial charge in [0.05, 0.1) is 5.92 Å². The lowest BCUT2D eigenvalue weighted by atomic mass is 9.82. The molecule has 2 saturated carbocycles. The zero-order valence-electron chi connectivity index (χ0n) is 18.9. The molecule has 31 heavy (non-hydrogen) atoms. The monoisotopic (exact) mass is 422 g/mol. The molecule has 4 heteroatoms. The van der Waals surface area contributed by atoms with E-state index in [1.165, 1.54) is 56.9 Å². The fourth-order valence-electron chi connectivity index (χ4n) is 6.94. The molecule has 4 fully saturated rings. The van der Waals surface area contributed by atoms with Crippen LogP contribution >= 0.6 is 0 Å². The van der Waals surface area contributed by atoms with Crippen molar-refractivity contribution < 1.29 is 9.59 Å². The molecule has 1 aromatic carbocycles. The molecule has 1 aromatic rings. The van der Waals surface area contributed by atoms with Gasteiger partial charge in [0.15, 0.2) is 0 Å². The van der Waals surface area contributed by atoms with Crippen molar-refractivity contribution in [3.05, 3.63) is 35.9 Å². The summed E-state index contributed by atoms with van der Waals surface area (Å²) in [5, 5.41) is 0. The van der Waals surface area contributed by atoms with Crippen molar-refractivity contribution in [2.24, 2.45) is 29.6 Å². The number of fused-ring (bicyclic) bond motifs is 2. The van der Waals surface area contributed by atoms with E-state index in [0.717, 1.165) is 26.2 Å². The number of hydrogen-bond acceptors (Lipinski definition) is 2. The Morgan fingerprint density at radius 1 is 0.742 bits per heavy atom. The Bertz CT molecular complexity index is 751. The predicted molar refractivity (Wildman–Crippen MR) is 122 cm³/mol. The minimum Gasteiger partial charge on any atom is -0.342 e. The number of carbonyl (C=O) groups excluding carboxylic acids is 2. The van der Waals surface area contributed by atoms with Gasteiger partial charge in [0, 0.05) is 32.6 Å². The molecular formula is C27H38N2O2. The molecule has 168 valence electrons. The van der Waals surface area contributed by atoms with Gasteiger partial charge in [-0.25, -0.2) is 0 Å². The molecule has 0 bridgehead atoms. The number of benzene rings is 1. The molecule has 4 aliphatic rings. The van der Waals surface area contributed by atoms with E-state index < -0.39 is 0 Å². The molecule has 4 nitrogen and oxygen atoms in total. The topological polar surface area (TPSA) is 40.6 Å². The van der Waals surface area contributed by atoms with Crippen LogP contribution in [0.25, 0.3) is 0 Å². The molecule has 0 unspecified atom stereocenters. The molecule has 0 N–H and O–H groups in total. The Kier molecular flexibility index (Phi) is 6.34. The molecule has 5 rings (SSSR count). The van der Waals surface area contributed by atoms with Crippen molar-refractivity contribution in [2.45, 2.75) is 64.2 Å². The Balaban J connectivity index is 1.27. The second-order valence-electron chi connectivity index (χ2n) is 10.7. The largest absolute Gasteiger partial charge is 0.342 e. The van der Waals surface area contributed by atoms with Gasteiger partial charge in [-0.15, -0.1) is 0 Å². The highest BCUT2D eigenvalue weighted by molar-refractivity contribution is 5.86. The maximum Gasteiger partial charge on any atom is 0.226 e. The highest BCUT2D eigenvalue weighted by Crippen LogP contribution is 2.38. The van der Waals surface area contributed by atoms with Crippen LogP contribution in [0, 0.1) is 29.6 Å². The van der Waals surface area contributed by atoms with Gasteiger partial charge in [0.2, 0.25) is 11.8 Å². The van der Waals surface area contributed by atoms with Crippen molar-refractivity contribution in [3.63, 3.8) is 0 Å². The van der Waals surface area contributed by atoms with Crippen LogP contribution in [-0.2, 0) is 16.0 Å². The van der Waals surface area contributed by atoms with E-state index in [9.17, 15) is 9.59 Å². The Labute approximate surface area is 187 Å². The van der Waals surface area contributed by atoms with Gasteiger partial charge in [0.1, 0.15) is 0 Å². The fourth-order valence-corrected chi connectivity index (χ4v) is 6.94. The minimum absolute atomic E-state index is 0.209. The maximum absolute atomic E-state index is 13.6. The molecule has 5 atom stereocenters. The second-order valence-corrected chi connectivity index (χ2v) is 10.7. The minimum atomic E-state index is -0.224. The van der Waals surface area contributed by atoms with Gasteiger partial charge in [-0.1, -0.05) is 56.0 Å². The molecule has 0 radical (unpaired) electrons. The molecule has 2 aliphatic carbocycles. The highest BCUT2D eigenvalue weighted by atomic mass is 16.2. The van der Waals surface area contributed by atoms with Crippen LogP contribution < -0.4 is 0 Å². The summed E-state index contributed by atoms with van der Waals surface area (Å²) in [5.74, 6) is 2.98. The zero-order chi connectivity index (χ0) is 21.2. The summed E-state index contributed by atoms with van der Waals surface area (Å²) in [6.07, 6.45) is 11.4.